The molecule has 9 N–H and O–H groups in total. The summed E-state index contributed by atoms with van der Waals surface area (Å²) in [7, 11) is 0. The summed E-state index contributed by atoms with van der Waals surface area (Å²) in [6, 6.07) is 11.4. The molecule has 1 aliphatic heterocycles. The minimum absolute atomic E-state index is 0.0255. The molecule has 96 heavy (non-hydrogen) atoms. The zero-order chi connectivity index (χ0) is 70.2. The average molecular weight is 1360 g/mol. The van der Waals surface area contributed by atoms with Crippen molar-refractivity contribution >= 4 is 76.8 Å². The molecule has 27 nitrogen and oxygen atoms in total. The molecular weight excluding hydrogens is 1270 g/mol. The van der Waals surface area contributed by atoms with E-state index in [9.17, 15) is 62.2 Å². The Kier molecular flexibility index (Phi) is 32.7. The third-order valence-electron chi connectivity index (χ3n) is 14.6. The van der Waals surface area contributed by atoms with Gasteiger partial charge in [-0.15, -0.1) is 11.8 Å². The predicted octanol–water partition coefficient (Wildman–Crippen LogP) is 2.49. The number of primary amides is 1. The monoisotopic (exact) mass is 1360 g/mol. The van der Waals surface area contributed by atoms with Crippen molar-refractivity contribution < 1.29 is 85.6 Å². The first kappa shape index (κ1) is 77.7. The Balaban J connectivity index is 1.19. The number of nitrogens with one attached hydrogen (secondary N) is 6. The molecule has 30 heteroatoms. The molecule has 5 atom stereocenters. The van der Waals surface area contributed by atoms with E-state index in [2.05, 4.69) is 36.9 Å². The third-order valence-corrected chi connectivity index (χ3v) is 15.6. The summed E-state index contributed by atoms with van der Waals surface area (Å²) in [5.41, 5.74) is 7.07. The van der Waals surface area contributed by atoms with Gasteiger partial charge in [-0.1, -0.05) is 64.4 Å². The Labute approximate surface area is 560 Å². The number of aliphatic carboxylic acids is 1. The van der Waals surface area contributed by atoms with Crippen LogP contribution in [-0.4, -0.2) is 204 Å². The number of halogens is 2. The largest absolute Gasteiger partial charge is 0.480 e. The second kappa shape index (κ2) is 40.4. The van der Waals surface area contributed by atoms with E-state index in [4.69, 9.17) is 24.7 Å². The topological polar surface area (TPSA) is 367 Å². The fourth-order valence-corrected chi connectivity index (χ4v) is 10.9. The van der Waals surface area contributed by atoms with Gasteiger partial charge in [-0.3, -0.25) is 57.8 Å². The highest BCUT2D eigenvalue weighted by Gasteiger charge is 2.38. The molecule has 3 heterocycles. The molecule has 10 amide bonds. The Hall–Kier alpha value is -8.97. The SMILES string of the molecule is CCC[C@@H](NC(=O)[C@H](C)NC(=O)Cc1ccncc1)C(=O)N[C@@H](CC(N)=O)C(=O)NCCCN(C(=O)CSC[C@H](NC(=O)CCOCCOCCOCCOCCNC(=O)CN1C(=O)C=CC1=O)C(=O)O)[C@@H](c1cc(-c2cc(F)ccc2F)cn1Cc1ccccc1)C(C)(C)C. The van der Waals surface area contributed by atoms with E-state index >= 15 is 4.39 Å². The summed E-state index contributed by atoms with van der Waals surface area (Å²) in [5.74, 6) is -9.66. The summed E-state index contributed by atoms with van der Waals surface area (Å²) < 4.78 is 54.1. The number of carboxylic acids is 1. The second-order valence-electron chi connectivity index (χ2n) is 23.4. The zero-order valence-corrected chi connectivity index (χ0v) is 55.4. The van der Waals surface area contributed by atoms with Gasteiger partial charge in [0.1, 0.15) is 42.3 Å². The summed E-state index contributed by atoms with van der Waals surface area (Å²) in [6.45, 7) is 10.0. The number of nitrogens with zero attached hydrogens (tertiary/aromatic N) is 4. The molecule has 4 aromatic rings. The van der Waals surface area contributed by atoms with Crippen LogP contribution in [0.25, 0.3) is 11.1 Å². The van der Waals surface area contributed by atoms with Gasteiger partial charge in [0.2, 0.25) is 47.3 Å². The van der Waals surface area contributed by atoms with E-state index in [1.807, 2.05) is 55.7 Å². The van der Waals surface area contributed by atoms with Gasteiger partial charge < -0.3 is 71.2 Å². The van der Waals surface area contributed by atoms with Crippen molar-refractivity contribution in [2.45, 2.75) is 110 Å². The van der Waals surface area contributed by atoms with Crippen LogP contribution < -0.4 is 37.6 Å². The molecule has 2 aromatic carbocycles. The number of hydrogen-bond donors (Lipinski definition) is 8. The lowest BCUT2D eigenvalue weighted by atomic mass is 9.83. The summed E-state index contributed by atoms with van der Waals surface area (Å²) in [5, 5.41) is 25.7. The molecule has 2 aromatic heterocycles. The Morgan fingerprint density at radius 2 is 1.34 bits per heavy atom. The van der Waals surface area contributed by atoms with Gasteiger partial charge in [-0.05, 0) is 72.7 Å². The molecule has 0 aliphatic carbocycles. The van der Waals surface area contributed by atoms with Crippen LogP contribution in [0.1, 0.15) is 89.6 Å². The van der Waals surface area contributed by atoms with Gasteiger partial charge in [-0.2, -0.15) is 0 Å². The van der Waals surface area contributed by atoms with Crippen LogP contribution >= 0.6 is 11.8 Å². The number of rotatable bonds is 44. The normalized spacial score (nSPS) is 13.6. The number of benzene rings is 2. The Morgan fingerprint density at radius 3 is 1.97 bits per heavy atom. The molecule has 0 unspecified atom stereocenters. The van der Waals surface area contributed by atoms with Crippen molar-refractivity contribution in [2.24, 2.45) is 11.1 Å². The number of thioether (sulfide) groups is 1. The van der Waals surface area contributed by atoms with Crippen molar-refractivity contribution in [2.75, 3.05) is 90.5 Å². The lowest BCUT2D eigenvalue weighted by molar-refractivity contribution is -0.141. The number of ether oxygens (including phenoxy) is 4. The summed E-state index contributed by atoms with van der Waals surface area (Å²) in [6.07, 6.45) is 6.67. The first-order valence-electron chi connectivity index (χ1n) is 31.4. The maximum atomic E-state index is 15.6. The van der Waals surface area contributed by atoms with Gasteiger partial charge in [0.25, 0.3) is 11.8 Å². The molecular formula is C66H87F2N11O16S. The fraction of sp³-hybridized carbons (Fsp3) is 0.485. The molecule has 0 radical (unpaired) electrons. The number of nitrogens with two attached hydrogens (primary N) is 1. The Bertz CT molecular complexity index is 3280. The standard InChI is InChI=1S/C66H87F2N11O16S/c1-6-11-50(75-62(87)43(2)73-56(82)34-44-18-22-70-23-19-44)64(89)76-51(37-54(69)80)63(88)72-21-10-25-78(61(66(3,4)5)53-35-46(48-36-47(67)14-15-49(48)68)39-77(53)38-45-12-8-7-9-13-45)60(86)42-96-41-52(65(90)91)74-55(81)20-26-92-28-30-94-32-33-95-31-29-93-27-24-71-57(83)40-79-58(84)16-17-59(79)85/h7-9,12-19,22-23,35-36,39,43,50-52,61H,6,10-11,20-21,24-34,37-38,40-42H2,1-5H3,(H2,69,80)(H,71,83)(H,72,88)(H,73,82)(H,74,81)(H,75,87)(H,76,89)(H,90,91)/t43-,50+,51-,52-,61-/m0/s1. The lowest BCUT2D eigenvalue weighted by Gasteiger charge is -2.41. The van der Waals surface area contributed by atoms with E-state index in [0.717, 1.165) is 52.6 Å². The minimum Gasteiger partial charge on any atom is -0.480 e. The smallest absolute Gasteiger partial charge is 0.327 e. The number of hydrogen-bond acceptors (Lipinski definition) is 17. The van der Waals surface area contributed by atoms with Crippen molar-refractivity contribution in [1.29, 1.82) is 0 Å². The van der Waals surface area contributed by atoms with Crippen LogP contribution in [0.15, 0.2) is 97.5 Å². The van der Waals surface area contributed by atoms with E-state index < -0.39 is 119 Å². The minimum atomic E-state index is -1.51. The van der Waals surface area contributed by atoms with Gasteiger partial charge in [0.05, 0.1) is 77.5 Å². The van der Waals surface area contributed by atoms with E-state index in [1.165, 1.54) is 19.3 Å². The van der Waals surface area contributed by atoms with Crippen LogP contribution in [0.2, 0.25) is 0 Å². The third kappa shape index (κ3) is 27.0. The molecule has 0 bridgehead atoms. The van der Waals surface area contributed by atoms with Crippen LogP contribution in [0.3, 0.4) is 0 Å². The summed E-state index contributed by atoms with van der Waals surface area (Å²) >= 11 is 0.946. The summed E-state index contributed by atoms with van der Waals surface area (Å²) in [4.78, 5) is 148. The number of aromatic nitrogens is 2. The van der Waals surface area contributed by atoms with Gasteiger partial charge in [0.15, 0.2) is 0 Å². The zero-order valence-electron chi connectivity index (χ0n) is 54.6. The van der Waals surface area contributed by atoms with Crippen LogP contribution in [0, 0.1) is 17.0 Å². The second-order valence-corrected chi connectivity index (χ2v) is 24.4. The molecule has 1 aliphatic rings. The highest BCUT2D eigenvalue weighted by atomic mass is 32.2. The number of imide groups is 1. The first-order chi connectivity index (χ1) is 45.8. The molecule has 522 valence electrons. The molecule has 0 saturated heterocycles. The molecule has 5 rings (SSSR count). The molecule has 0 saturated carbocycles. The van der Waals surface area contributed by atoms with E-state index in [-0.39, 0.29) is 128 Å². The number of carboxylic acid groups (broad SMARTS) is 1. The van der Waals surface area contributed by atoms with Crippen molar-refractivity contribution in [3.8, 4) is 11.1 Å². The van der Waals surface area contributed by atoms with Crippen LogP contribution in [0.5, 0.6) is 0 Å². The fourth-order valence-electron chi connectivity index (χ4n) is 9.94. The number of amides is 10. The predicted molar refractivity (Wildman–Crippen MR) is 349 cm³/mol. The number of pyridine rings is 1. The van der Waals surface area contributed by atoms with E-state index in [1.54, 1.807) is 36.2 Å². The average Bonchev–Trinajstić information content (AvgIpc) is 1.58. The quantitative estimate of drug-likeness (QED) is 0.0233. The van der Waals surface area contributed by atoms with Crippen LogP contribution in [0.4, 0.5) is 8.78 Å². The number of carbonyl (C=O) groups excluding carboxylic acids is 10. The maximum Gasteiger partial charge on any atom is 0.327 e. The highest BCUT2D eigenvalue weighted by molar-refractivity contribution is 8.00. The van der Waals surface area contributed by atoms with Crippen molar-refractivity contribution in [1.82, 2.24) is 51.3 Å². The van der Waals surface area contributed by atoms with E-state index in [0.29, 0.717) is 23.2 Å². The van der Waals surface area contributed by atoms with Crippen molar-refractivity contribution in [3.63, 3.8) is 0 Å². The van der Waals surface area contributed by atoms with Gasteiger partial charge >= 0.3 is 5.97 Å². The first-order valence-corrected chi connectivity index (χ1v) is 32.6. The van der Waals surface area contributed by atoms with Gasteiger partial charge in [-0.25, -0.2) is 13.6 Å². The van der Waals surface area contributed by atoms with Crippen LogP contribution in [-0.2, 0) is 84.7 Å². The molecule has 0 fully saturated rings. The molecule has 0 spiro atoms. The van der Waals surface area contributed by atoms with Gasteiger partial charge in [0, 0.05) is 85.9 Å². The number of carbonyl (C=O) groups is 11. The van der Waals surface area contributed by atoms with Crippen molar-refractivity contribution in [3.05, 3.63) is 126 Å². The maximum absolute atomic E-state index is 15.6. The highest BCUT2D eigenvalue weighted by Crippen LogP contribution is 2.41. The Morgan fingerprint density at radius 1 is 0.708 bits per heavy atom. The lowest BCUT2D eigenvalue weighted by Crippen LogP contribution is -2.57.